The second kappa shape index (κ2) is 10.7. The monoisotopic (exact) mass is 462 g/mol. The molecule has 3 amide bonds. The van der Waals surface area contributed by atoms with E-state index < -0.39 is 5.91 Å². The topological polar surface area (TPSA) is 91.4 Å². The van der Waals surface area contributed by atoms with Gasteiger partial charge in [-0.15, -0.1) is 11.3 Å². The lowest BCUT2D eigenvalue weighted by atomic mass is 10.1. The molecule has 0 fully saturated rings. The first-order valence-electron chi connectivity index (χ1n) is 10.4. The summed E-state index contributed by atoms with van der Waals surface area (Å²) in [6, 6.07) is 13.2. The Morgan fingerprint density at radius 1 is 1.06 bits per heavy atom. The van der Waals surface area contributed by atoms with Crippen LogP contribution in [0.1, 0.15) is 29.3 Å². The first-order valence-corrected chi connectivity index (χ1v) is 11.3. The second-order valence-electron chi connectivity index (χ2n) is 7.62. The van der Waals surface area contributed by atoms with Crippen LogP contribution in [0.5, 0.6) is 0 Å². The van der Waals surface area contributed by atoms with Crippen molar-refractivity contribution in [1.29, 1.82) is 0 Å². The van der Waals surface area contributed by atoms with Crippen LogP contribution in [0.15, 0.2) is 53.9 Å². The molecular formula is C25H26N4O3S. The minimum absolute atomic E-state index is 0.148. The van der Waals surface area contributed by atoms with Gasteiger partial charge in [-0.3, -0.25) is 19.3 Å². The van der Waals surface area contributed by atoms with Crippen LogP contribution in [-0.4, -0.2) is 29.3 Å². The summed E-state index contributed by atoms with van der Waals surface area (Å²) in [4.78, 5) is 42.5. The minimum atomic E-state index is -0.413. The van der Waals surface area contributed by atoms with Crippen LogP contribution >= 0.6 is 11.3 Å². The molecule has 2 aromatic carbocycles. The Labute approximate surface area is 197 Å². The normalized spacial score (nSPS) is 10.8. The molecule has 0 aliphatic rings. The van der Waals surface area contributed by atoms with Crippen LogP contribution in [0.3, 0.4) is 0 Å². The van der Waals surface area contributed by atoms with Gasteiger partial charge in [0, 0.05) is 24.1 Å². The van der Waals surface area contributed by atoms with Gasteiger partial charge in [0.25, 0.3) is 0 Å². The van der Waals surface area contributed by atoms with E-state index in [4.69, 9.17) is 0 Å². The molecule has 33 heavy (non-hydrogen) atoms. The van der Waals surface area contributed by atoms with Crippen LogP contribution in [0.4, 0.5) is 16.5 Å². The minimum Gasteiger partial charge on any atom is -0.343 e. The Morgan fingerprint density at radius 2 is 1.73 bits per heavy atom. The number of amides is 3. The molecule has 0 bridgehead atoms. The van der Waals surface area contributed by atoms with Gasteiger partial charge >= 0.3 is 0 Å². The van der Waals surface area contributed by atoms with Gasteiger partial charge < -0.3 is 10.6 Å². The van der Waals surface area contributed by atoms with E-state index >= 15 is 0 Å². The number of nitrogens with one attached hydrogen (secondary N) is 2. The molecule has 2 N–H and O–H groups in total. The summed E-state index contributed by atoms with van der Waals surface area (Å²) in [6.45, 7) is 7.20. The lowest BCUT2D eigenvalue weighted by Gasteiger charge is -2.17. The lowest BCUT2D eigenvalue weighted by Crippen LogP contribution is -2.32. The molecular weight excluding hydrogens is 436 g/mol. The molecule has 170 valence electrons. The number of anilines is 3. The number of para-hydroxylation sites is 1. The average molecular weight is 463 g/mol. The summed E-state index contributed by atoms with van der Waals surface area (Å²) in [5, 5.41) is 7.69. The van der Waals surface area contributed by atoms with Crippen molar-refractivity contribution in [2.45, 2.75) is 27.7 Å². The fraction of sp³-hybridized carbons (Fsp3) is 0.200. The van der Waals surface area contributed by atoms with Crippen LogP contribution in [-0.2, 0) is 14.4 Å². The molecule has 0 aliphatic carbocycles. The van der Waals surface area contributed by atoms with Crippen molar-refractivity contribution in [3.05, 3.63) is 76.3 Å². The SMILES string of the molecule is CC(=O)N(c1ccccc1)c1nc(/C=C/C(=O)NCC(=O)Nc2c(C)cc(C)cc2C)cs1. The maximum Gasteiger partial charge on any atom is 0.244 e. The van der Waals surface area contributed by atoms with Gasteiger partial charge in [-0.1, -0.05) is 35.9 Å². The van der Waals surface area contributed by atoms with Gasteiger partial charge in [-0.05, 0) is 50.1 Å². The van der Waals surface area contributed by atoms with Gasteiger partial charge in [-0.25, -0.2) is 4.98 Å². The lowest BCUT2D eigenvalue weighted by molar-refractivity contribution is -0.121. The summed E-state index contributed by atoms with van der Waals surface area (Å²) >= 11 is 1.30. The van der Waals surface area contributed by atoms with Crippen molar-refractivity contribution in [3.8, 4) is 0 Å². The number of hydrogen-bond acceptors (Lipinski definition) is 5. The fourth-order valence-corrected chi connectivity index (χ4v) is 4.26. The summed E-state index contributed by atoms with van der Waals surface area (Å²) in [5.41, 5.74) is 5.10. The summed E-state index contributed by atoms with van der Waals surface area (Å²) in [5.74, 6) is -0.875. The summed E-state index contributed by atoms with van der Waals surface area (Å²) in [7, 11) is 0. The Kier molecular flexibility index (Phi) is 7.74. The molecule has 8 heteroatoms. The molecule has 0 spiro atoms. The maximum absolute atomic E-state index is 12.3. The number of benzene rings is 2. The molecule has 0 saturated carbocycles. The number of aromatic nitrogens is 1. The van der Waals surface area contributed by atoms with E-state index in [0.717, 1.165) is 28.1 Å². The van der Waals surface area contributed by atoms with Crippen LogP contribution in [0, 0.1) is 20.8 Å². The van der Waals surface area contributed by atoms with Crippen molar-refractivity contribution >= 4 is 51.6 Å². The standard InChI is InChI=1S/C25H26N4O3S/c1-16-12-17(2)24(18(3)13-16)28-23(32)14-26-22(31)11-10-20-15-33-25(27-20)29(19(4)30)21-8-6-5-7-9-21/h5-13,15H,14H2,1-4H3,(H,26,31)(H,28,32)/b11-10+. The number of rotatable bonds is 7. The van der Waals surface area contributed by atoms with Crippen molar-refractivity contribution in [2.24, 2.45) is 0 Å². The number of carbonyl (C=O) groups is 3. The first kappa shape index (κ1) is 23.9. The molecule has 3 aromatic rings. The largest absolute Gasteiger partial charge is 0.343 e. The fourth-order valence-electron chi connectivity index (χ4n) is 3.41. The third kappa shape index (κ3) is 6.36. The van der Waals surface area contributed by atoms with Crippen LogP contribution < -0.4 is 15.5 Å². The predicted octanol–water partition coefficient (Wildman–Crippen LogP) is 4.52. The summed E-state index contributed by atoms with van der Waals surface area (Å²) in [6.07, 6.45) is 2.86. The van der Waals surface area contributed by atoms with Crippen molar-refractivity contribution in [2.75, 3.05) is 16.8 Å². The molecule has 3 rings (SSSR count). The van der Waals surface area contributed by atoms with Crippen LogP contribution in [0.2, 0.25) is 0 Å². The van der Waals surface area contributed by atoms with E-state index in [1.165, 1.54) is 29.2 Å². The maximum atomic E-state index is 12.3. The zero-order valence-corrected chi connectivity index (χ0v) is 19.8. The Hall–Kier alpha value is -3.78. The number of aryl methyl sites for hydroxylation is 3. The third-order valence-corrected chi connectivity index (χ3v) is 5.64. The van der Waals surface area contributed by atoms with Crippen molar-refractivity contribution in [1.82, 2.24) is 10.3 Å². The van der Waals surface area contributed by atoms with Gasteiger partial charge in [0.1, 0.15) is 0 Å². The predicted molar refractivity (Wildman–Crippen MR) is 133 cm³/mol. The van der Waals surface area contributed by atoms with E-state index in [2.05, 4.69) is 15.6 Å². The van der Waals surface area contributed by atoms with Gasteiger partial charge in [-0.2, -0.15) is 0 Å². The zero-order chi connectivity index (χ0) is 24.0. The molecule has 0 aliphatic heterocycles. The van der Waals surface area contributed by atoms with E-state index in [-0.39, 0.29) is 18.4 Å². The highest BCUT2D eigenvalue weighted by Crippen LogP contribution is 2.29. The van der Waals surface area contributed by atoms with Gasteiger partial charge in [0.2, 0.25) is 17.7 Å². The van der Waals surface area contributed by atoms with E-state index in [1.54, 1.807) is 11.5 Å². The molecule has 0 radical (unpaired) electrons. The van der Waals surface area contributed by atoms with Crippen molar-refractivity contribution < 1.29 is 14.4 Å². The zero-order valence-electron chi connectivity index (χ0n) is 19.0. The molecule has 1 aromatic heterocycles. The smallest absolute Gasteiger partial charge is 0.244 e. The summed E-state index contributed by atoms with van der Waals surface area (Å²) < 4.78 is 0. The third-order valence-electron chi connectivity index (χ3n) is 4.80. The number of carbonyl (C=O) groups excluding carboxylic acids is 3. The van der Waals surface area contributed by atoms with Crippen LogP contribution in [0.25, 0.3) is 6.08 Å². The average Bonchev–Trinajstić information content (AvgIpc) is 3.22. The molecule has 7 nitrogen and oxygen atoms in total. The first-order chi connectivity index (χ1) is 15.7. The van der Waals surface area contributed by atoms with E-state index in [0.29, 0.717) is 10.8 Å². The molecule has 0 atom stereocenters. The second-order valence-corrected chi connectivity index (χ2v) is 8.45. The quantitative estimate of drug-likeness (QED) is 0.505. The Balaban J connectivity index is 1.58. The molecule has 0 saturated heterocycles. The number of hydrogen-bond donors (Lipinski definition) is 2. The number of nitrogens with zero attached hydrogens (tertiary/aromatic N) is 2. The molecule has 1 heterocycles. The van der Waals surface area contributed by atoms with Crippen molar-refractivity contribution in [3.63, 3.8) is 0 Å². The number of thiazole rings is 1. The van der Waals surface area contributed by atoms with E-state index in [9.17, 15) is 14.4 Å². The Morgan fingerprint density at radius 3 is 2.36 bits per heavy atom. The van der Waals surface area contributed by atoms with Gasteiger partial charge in [0.05, 0.1) is 17.9 Å². The molecule has 0 unspecified atom stereocenters. The van der Waals surface area contributed by atoms with E-state index in [1.807, 2.05) is 63.2 Å². The Bertz CT molecular complexity index is 1180. The highest BCUT2D eigenvalue weighted by atomic mass is 32.1. The van der Waals surface area contributed by atoms with Gasteiger partial charge in [0.15, 0.2) is 5.13 Å². The highest BCUT2D eigenvalue weighted by molar-refractivity contribution is 7.14. The highest BCUT2D eigenvalue weighted by Gasteiger charge is 2.17.